The third-order valence-corrected chi connectivity index (χ3v) is 10.8. The van der Waals surface area contributed by atoms with E-state index in [1.807, 2.05) is 60.7 Å². The highest BCUT2D eigenvalue weighted by Gasteiger charge is 2.56. The summed E-state index contributed by atoms with van der Waals surface area (Å²) >= 11 is 7.23. The van der Waals surface area contributed by atoms with Gasteiger partial charge in [-0.25, -0.2) is 0 Å². The van der Waals surface area contributed by atoms with Gasteiger partial charge in [-0.1, -0.05) is 151 Å². The fourth-order valence-electron chi connectivity index (χ4n) is 8.73. The van der Waals surface area contributed by atoms with Crippen LogP contribution in [0, 0.1) is 0 Å². The second-order valence-electron chi connectivity index (χ2n) is 12.6. The van der Waals surface area contributed by atoms with Crippen molar-refractivity contribution in [2.75, 3.05) is 0 Å². The number of aliphatic hydroxyl groups is 1. The first kappa shape index (κ1) is 26.8. The van der Waals surface area contributed by atoms with Crippen LogP contribution in [0.1, 0.15) is 38.9 Å². The van der Waals surface area contributed by atoms with E-state index in [9.17, 15) is 5.11 Å². The maximum Gasteiger partial charge on any atom is 0.141 e. The Hall–Kier alpha value is -5.41. The Morgan fingerprint density at radius 3 is 1.55 bits per heavy atom. The van der Waals surface area contributed by atoms with Gasteiger partial charge in [0.05, 0.1) is 5.41 Å². The number of rotatable bonds is 2. The van der Waals surface area contributed by atoms with Gasteiger partial charge in [-0.2, -0.15) is 0 Å². The summed E-state index contributed by atoms with van der Waals surface area (Å²) in [4.78, 5) is 0. The van der Waals surface area contributed by atoms with Crippen LogP contribution in [0.3, 0.4) is 0 Å². The Morgan fingerprint density at radius 1 is 0.426 bits per heavy atom. The predicted octanol–water partition coefficient (Wildman–Crippen LogP) is 10.9. The standard InChI is InChI=1S/C44H27ClO2/c45-38-24-12-23-37(42(38)30-16-11-26-40-41(30)29-15-3-10-25-39(29)47-40)44(46)35-21-8-6-19-33(35)43(34-20-7-9-22-36(34)44)31-17-4-1-13-27(31)28-14-2-5-18-32(28)43/h1-26,46H. The minimum atomic E-state index is -1.52. The van der Waals surface area contributed by atoms with Crippen molar-refractivity contribution in [2.24, 2.45) is 0 Å². The fourth-order valence-corrected chi connectivity index (χ4v) is 9.01. The number of fused-ring (bicyclic) bond motifs is 12. The molecule has 1 heterocycles. The van der Waals surface area contributed by atoms with E-state index in [1.54, 1.807) is 0 Å². The molecule has 8 aromatic rings. The lowest BCUT2D eigenvalue weighted by molar-refractivity contribution is 0.119. The molecule has 47 heavy (non-hydrogen) atoms. The summed E-state index contributed by atoms with van der Waals surface area (Å²) in [7, 11) is 0. The van der Waals surface area contributed by atoms with E-state index in [0.29, 0.717) is 5.02 Å². The van der Waals surface area contributed by atoms with Crippen molar-refractivity contribution >= 4 is 33.5 Å². The summed E-state index contributed by atoms with van der Waals surface area (Å²) < 4.78 is 6.30. The monoisotopic (exact) mass is 622 g/mol. The molecule has 10 rings (SSSR count). The van der Waals surface area contributed by atoms with Gasteiger partial charge < -0.3 is 9.52 Å². The van der Waals surface area contributed by atoms with Gasteiger partial charge in [0.15, 0.2) is 0 Å². The summed E-state index contributed by atoms with van der Waals surface area (Å²) in [6.07, 6.45) is 0. The van der Waals surface area contributed by atoms with Crippen LogP contribution in [0.5, 0.6) is 0 Å². The first-order chi connectivity index (χ1) is 23.1. The van der Waals surface area contributed by atoms with Crippen LogP contribution in [-0.2, 0) is 11.0 Å². The molecule has 0 radical (unpaired) electrons. The van der Waals surface area contributed by atoms with E-state index in [-0.39, 0.29) is 0 Å². The Morgan fingerprint density at radius 2 is 0.894 bits per heavy atom. The van der Waals surface area contributed by atoms with Crippen molar-refractivity contribution < 1.29 is 9.52 Å². The molecule has 2 aliphatic carbocycles. The summed E-state index contributed by atoms with van der Waals surface area (Å²) in [5.74, 6) is 0. The molecule has 3 heteroatoms. The van der Waals surface area contributed by atoms with Crippen molar-refractivity contribution in [3.05, 3.63) is 202 Å². The summed E-state index contributed by atoms with van der Waals surface area (Å²) in [5, 5.41) is 16.3. The van der Waals surface area contributed by atoms with Crippen molar-refractivity contribution in [3.8, 4) is 22.3 Å². The van der Waals surface area contributed by atoms with Gasteiger partial charge in [-0.15, -0.1) is 0 Å². The zero-order valence-electron chi connectivity index (χ0n) is 25.2. The summed E-state index contributed by atoms with van der Waals surface area (Å²) in [5.41, 5.74) is 10.6. The Kier molecular flexibility index (Phi) is 5.44. The predicted molar refractivity (Wildman–Crippen MR) is 190 cm³/mol. The van der Waals surface area contributed by atoms with E-state index < -0.39 is 11.0 Å². The first-order valence-corrected chi connectivity index (χ1v) is 16.3. The number of hydrogen-bond acceptors (Lipinski definition) is 2. The maximum absolute atomic E-state index is 13.7. The molecule has 0 unspecified atom stereocenters. The average molecular weight is 623 g/mol. The van der Waals surface area contributed by atoms with E-state index >= 15 is 0 Å². The molecule has 0 atom stereocenters. The SMILES string of the molecule is OC1(c2cccc(Cl)c2-c2cccc3oc4ccccc4c23)c2ccccc2C2(c3ccccc3-c3ccccc32)c2ccccc21. The third-order valence-electron chi connectivity index (χ3n) is 10.5. The van der Waals surface area contributed by atoms with Gasteiger partial charge >= 0.3 is 0 Å². The van der Waals surface area contributed by atoms with Crippen molar-refractivity contribution in [3.63, 3.8) is 0 Å². The highest BCUT2D eigenvalue weighted by Crippen LogP contribution is 2.63. The molecule has 1 N–H and O–H groups in total. The van der Waals surface area contributed by atoms with Gasteiger partial charge in [0.1, 0.15) is 16.8 Å². The molecule has 0 amide bonds. The number of hydrogen-bond donors (Lipinski definition) is 1. The van der Waals surface area contributed by atoms with Crippen molar-refractivity contribution in [1.82, 2.24) is 0 Å². The van der Waals surface area contributed by atoms with Gasteiger partial charge in [-0.3, -0.25) is 0 Å². The van der Waals surface area contributed by atoms with E-state index in [0.717, 1.165) is 60.9 Å². The van der Waals surface area contributed by atoms with E-state index in [1.165, 1.54) is 22.3 Å². The maximum atomic E-state index is 13.7. The largest absolute Gasteiger partial charge is 0.456 e. The molecule has 0 fully saturated rings. The molecule has 1 spiro atoms. The highest BCUT2D eigenvalue weighted by molar-refractivity contribution is 6.34. The highest BCUT2D eigenvalue weighted by atomic mass is 35.5. The zero-order chi connectivity index (χ0) is 31.3. The molecule has 7 aromatic carbocycles. The smallest absolute Gasteiger partial charge is 0.141 e. The Labute approximate surface area is 277 Å². The molecule has 2 nitrogen and oxygen atoms in total. The van der Waals surface area contributed by atoms with Crippen LogP contribution in [-0.4, -0.2) is 5.11 Å². The number of para-hydroxylation sites is 1. The molecule has 0 saturated heterocycles. The molecule has 222 valence electrons. The molecule has 0 aliphatic heterocycles. The summed E-state index contributed by atoms with van der Waals surface area (Å²) in [6.45, 7) is 0. The second kappa shape index (κ2) is 9.56. The quantitative estimate of drug-likeness (QED) is 0.208. The van der Waals surface area contributed by atoms with Crippen LogP contribution in [0.15, 0.2) is 162 Å². The zero-order valence-corrected chi connectivity index (χ0v) is 26.0. The molecular formula is C44H27ClO2. The number of furan rings is 1. The van der Waals surface area contributed by atoms with Crippen LogP contribution < -0.4 is 0 Å². The van der Waals surface area contributed by atoms with E-state index in [2.05, 4.69) is 97.1 Å². The van der Waals surface area contributed by atoms with Crippen LogP contribution >= 0.6 is 11.6 Å². The molecular weight excluding hydrogens is 596 g/mol. The number of benzene rings is 7. The third kappa shape index (κ3) is 3.29. The van der Waals surface area contributed by atoms with Crippen LogP contribution in [0.4, 0.5) is 0 Å². The van der Waals surface area contributed by atoms with Crippen LogP contribution in [0.25, 0.3) is 44.2 Å². The lowest BCUT2D eigenvalue weighted by atomic mass is 9.56. The lowest BCUT2D eigenvalue weighted by Crippen LogP contribution is -2.44. The van der Waals surface area contributed by atoms with E-state index in [4.69, 9.17) is 16.0 Å². The minimum absolute atomic E-state index is 0.570. The van der Waals surface area contributed by atoms with Gasteiger partial charge in [0, 0.05) is 26.9 Å². The fraction of sp³-hybridized carbons (Fsp3) is 0.0455. The molecule has 2 aliphatic rings. The number of halogens is 1. The molecule has 0 bridgehead atoms. The normalized spacial score (nSPS) is 14.9. The lowest BCUT2D eigenvalue weighted by Gasteiger charge is -2.47. The van der Waals surface area contributed by atoms with Gasteiger partial charge in [0.2, 0.25) is 0 Å². The minimum Gasteiger partial charge on any atom is -0.456 e. The van der Waals surface area contributed by atoms with Crippen molar-refractivity contribution in [1.29, 1.82) is 0 Å². The Bertz CT molecular complexity index is 2480. The second-order valence-corrected chi connectivity index (χ2v) is 13.0. The van der Waals surface area contributed by atoms with Gasteiger partial charge in [0.25, 0.3) is 0 Å². The van der Waals surface area contributed by atoms with Gasteiger partial charge in [-0.05, 0) is 68.3 Å². The first-order valence-electron chi connectivity index (χ1n) is 15.9. The average Bonchev–Trinajstić information content (AvgIpc) is 3.65. The topological polar surface area (TPSA) is 33.4 Å². The Balaban J connectivity index is 1.34. The van der Waals surface area contributed by atoms with Crippen LogP contribution in [0.2, 0.25) is 5.02 Å². The van der Waals surface area contributed by atoms with Crippen molar-refractivity contribution in [2.45, 2.75) is 11.0 Å². The molecule has 1 aromatic heterocycles. The summed E-state index contributed by atoms with van der Waals surface area (Å²) in [6, 6.07) is 54.3. The molecule has 0 saturated carbocycles.